The Bertz CT molecular complexity index is 760. The lowest BCUT2D eigenvalue weighted by atomic mass is 10.1. The van der Waals surface area contributed by atoms with E-state index in [9.17, 15) is 14.4 Å². The summed E-state index contributed by atoms with van der Waals surface area (Å²) in [6.07, 6.45) is 0.409. The van der Waals surface area contributed by atoms with Crippen molar-refractivity contribution in [3.63, 3.8) is 0 Å². The Kier molecular flexibility index (Phi) is 7.36. The molecule has 0 saturated heterocycles. The summed E-state index contributed by atoms with van der Waals surface area (Å²) in [6.45, 7) is 2.58. The molecule has 0 heterocycles. The maximum absolute atomic E-state index is 12.1. The zero-order valence-corrected chi connectivity index (χ0v) is 14.7. The molecule has 26 heavy (non-hydrogen) atoms. The molecule has 0 radical (unpaired) electrons. The highest BCUT2D eigenvalue weighted by atomic mass is 16.2. The molecular weight excluding hydrogens is 330 g/mol. The van der Waals surface area contributed by atoms with Crippen molar-refractivity contribution in [3.8, 4) is 0 Å². The van der Waals surface area contributed by atoms with Crippen molar-refractivity contribution in [2.45, 2.75) is 19.8 Å². The van der Waals surface area contributed by atoms with E-state index in [1.807, 2.05) is 37.3 Å². The van der Waals surface area contributed by atoms with Gasteiger partial charge in [-0.25, -0.2) is 0 Å². The maximum atomic E-state index is 12.1. The van der Waals surface area contributed by atoms with Crippen LogP contribution < -0.4 is 16.0 Å². The second-order valence-electron chi connectivity index (χ2n) is 5.72. The second-order valence-corrected chi connectivity index (χ2v) is 5.72. The minimum atomic E-state index is -0.262. The summed E-state index contributed by atoms with van der Waals surface area (Å²) in [7, 11) is 0. The van der Waals surface area contributed by atoms with Gasteiger partial charge in [0, 0.05) is 19.5 Å². The van der Waals surface area contributed by atoms with Crippen molar-refractivity contribution < 1.29 is 14.4 Å². The van der Waals surface area contributed by atoms with Crippen LogP contribution in [0.3, 0.4) is 0 Å². The van der Waals surface area contributed by atoms with E-state index in [0.29, 0.717) is 17.8 Å². The molecule has 0 atom stereocenters. The van der Waals surface area contributed by atoms with E-state index in [0.717, 1.165) is 5.56 Å². The van der Waals surface area contributed by atoms with Gasteiger partial charge in [0.25, 0.3) is 5.91 Å². The maximum Gasteiger partial charge on any atom is 0.253 e. The summed E-state index contributed by atoms with van der Waals surface area (Å²) in [5.74, 6) is -0.631. The van der Waals surface area contributed by atoms with Crippen LogP contribution in [0.2, 0.25) is 0 Å². The Balaban J connectivity index is 1.80. The van der Waals surface area contributed by atoms with E-state index in [-0.39, 0.29) is 37.1 Å². The topological polar surface area (TPSA) is 87.3 Å². The van der Waals surface area contributed by atoms with Crippen molar-refractivity contribution >= 4 is 23.4 Å². The molecule has 3 N–H and O–H groups in total. The van der Waals surface area contributed by atoms with Gasteiger partial charge in [0.15, 0.2) is 0 Å². The first-order valence-electron chi connectivity index (χ1n) is 8.58. The summed E-state index contributed by atoms with van der Waals surface area (Å²) < 4.78 is 0. The Morgan fingerprint density at radius 3 is 2.27 bits per heavy atom. The van der Waals surface area contributed by atoms with Crippen LogP contribution in [0.4, 0.5) is 5.69 Å². The largest absolute Gasteiger partial charge is 0.355 e. The zero-order chi connectivity index (χ0) is 18.8. The highest BCUT2D eigenvalue weighted by Crippen LogP contribution is 2.15. The highest BCUT2D eigenvalue weighted by Gasteiger charge is 2.12. The van der Waals surface area contributed by atoms with E-state index in [1.165, 1.54) is 0 Å². The summed E-state index contributed by atoms with van der Waals surface area (Å²) in [6, 6.07) is 16.2. The number of amides is 3. The van der Waals surface area contributed by atoms with E-state index < -0.39 is 0 Å². The molecule has 6 heteroatoms. The Morgan fingerprint density at radius 2 is 1.54 bits per heavy atom. The smallest absolute Gasteiger partial charge is 0.253 e. The van der Waals surface area contributed by atoms with Crippen LogP contribution in [0.15, 0.2) is 54.6 Å². The van der Waals surface area contributed by atoms with Crippen molar-refractivity contribution in [3.05, 3.63) is 65.7 Å². The lowest BCUT2D eigenvalue weighted by Crippen LogP contribution is -2.29. The predicted molar refractivity (Wildman–Crippen MR) is 101 cm³/mol. The van der Waals surface area contributed by atoms with E-state index in [4.69, 9.17) is 0 Å². The minimum absolute atomic E-state index is 0.129. The number of para-hydroxylation sites is 1. The number of hydrogen-bond acceptors (Lipinski definition) is 3. The molecule has 0 unspecified atom stereocenters. The molecule has 0 aliphatic heterocycles. The molecule has 3 amide bonds. The number of nitrogens with one attached hydrogen (secondary N) is 3. The van der Waals surface area contributed by atoms with E-state index in [1.54, 1.807) is 24.3 Å². The standard InChI is InChI=1S/C20H23N3O3/c1-2-21-20(26)16-10-6-7-11-17(16)23-18(24)12-13-22-19(25)14-15-8-4-3-5-9-15/h3-11H,2,12-14H2,1H3,(H,21,26)(H,22,25)(H,23,24). The van der Waals surface area contributed by atoms with Gasteiger partial charge in [0.2, 0.25) is 11.8 Å². The molecule has 0 aliphatic rings. The zero-order valence-electron chi connectivity index (χ0n) is 14.7. The fraction of sp³-hybridized carbons (Fsp3) is 0.250. The van der Waals surface area contributed by atoms with Gasteiger partial charge in [-0.3, -0.25) is 14.4 Å². The molecule has 0 aliphatic carbocycles. The molecule has 2 rings (SSSR count). The number of carbonyl (C=O) groups is 3. The van der Waals surface area contributed by atoms with Gasteiger partial charge in [0.1, 0.15) is 0 Å². The summed E-state index contributed by atoms with van der Waals surface area (Å²) in [4.78, 5) is 36.0. The summed E-state index contributed by atoms with van der Waals surface area (Å²) in [5, 5.41) is 8.16. The molecule has 0 aromatic heterocycles. The van der Waals surface area contributed by atoms with Crippen LogP contribution in [-0.4, -0.2) is 30.8 Å². The van der Waals surface area contributed by atoms with Gasteiger partial charge in [-0.05, 0) is 24.6 Å². The van der Waals surface area contributed by atoms with E-state index >= 15 is 0 Å². The fourth-order valence-electron chi connectivity index (χ4n) is 2.42. The van der Waals surface area contributed by atoms with Crippen molar-refractivity contribution in [2.75, 3.05) is 18.4 Å². The molecule has 0 spiro atoms. The lowest BCUT2D eigenvalue weighted by molar-refractivity contribution is -0.120. The number of benzene rings is 2. The Morgan fingerprint density at radius 1 is 0.846 bits per heavy atom. The van der Waals surface area contributed by atoms with E-state index in [2.05, 4.69) is 16.0 Å². The molecule has 0 saturated carbocycles. The van der Waals surface area contributed by atoms with Crippen LogP contribution in [0.25, 0.3) is 0 Å². The molecule has 136 valence electrons. The molecule has 6 nitrogen and oxygen atoms in total. The van der Waals surface area contributed by atoms with Crippen LogP contribution in [0.1, 0.15) is 29.3 Å². The third-order valence-electron chi connectivity index (χ3n) is 3.66. The fourth-order valence-corrected chi connectivity index (χ4v) is 2.42. The molecule has 2 aromatic carbocycles. The normalized spacial score (nSPS) is 10.0. The van der Waals surface area contributed by atoms with Crippen LogP contribution in [0.5, 0.6) is 0 Å². The average Bonchev–Trinajstić information content (AvgIpc) is 2.63. The van der Waals surface area contributed by atoms with Crippen molar-refractivity contribution in [2.24, 2.45) is 0 Å². The molecular formula is C20H23N3O3. The van der Waals surface area contributed by atoms with Crippen LogP contribution in [0, 0.1) is 0 Å². The molecule has 0 bridgehead atoms. The second kappa shape index (κ2) is 9.98. The van der Waals surface area contributed by atoms with Gasteiger partial charge in [-0.2, -0.15) is 0 Å². The third-order valence-corrected chi connectivity index (χ3v) is 3.66. The number of hydrogen-bond donors (Lipinski definition) is 3. The first kappa shape index (κ1) is 19.2. The minimum Gasteiger partial charge on any atom is -0.355 e. The number of rotatable bonds is 8. The first-order chi connectivity index (χ1) is 12.6. The van der Waals surface area contributed by atoms with Gasteiger partial charge in [0.05, 0.1) is 17.7 Å². The SMILES string of the molecule is CCNC(=O)c1ccccc1NC(=O)CCNC(=O)Cc1ccccc1. The monoisotopic (exact) mass is 353 g/mol. The van der Waals surface area contributed by atoms with Gasteiger partial charge in [-0.1, -0.05) is 42.5 Å². The van der Waals surface area contributed by atoms with Gasteiger partial charge in [-0.15, -0.1) is 0 Å². The third kappa shape index (κ3) is 6.05. The van der Waals surface area contributed by atoms with Gasteiger partial charge < -0.3 is 16.0 Å². The van der Waals surface area contributed by atoms with Crippen LogP contribution >= 0.6 is 0 Å². The average molecular weight is 353 g/mol. The predicted octanol–water partition coefficient (Wildman–Crippen LogP) is 2.12. The van der Waals surface area contributed by atoms with Crippen molar-refractivity contribution in [1.82, 2.24) is 10.6 Å². The number of carbonyl (C=O) groups excluding carboxylic acids is 3. The quantitative estimate of drug-likeness (QED) is 0.679. The molecule has 2 aromatic rings. The Labute approximate surface area is 153 Å². The van der Waals surface area contributed by atoms with Crippen LogP contribution in [-0.2, 0) is 16.0 Å². The Hall–Kier alpha value is -3.15. The highest BCUT2D eigenvalue weighted by molar-refractivity contribution is 6.03. The first-order valence-corrected chi connectivity index (χ1v) is 8.58. The molecule has 0 fully saturated rings. The number of anilines is 1. The van der Waals surface area contributed by atoms with Gasteiger partial charge >= 0.3 is 0 Å². The summed E-state index contributed by atoms with van der Waals surface area (Å²) >= 11 is 0. The summed E-state index contributed by atoms with van der Waals surface area (Å²) in [5.41, 5.74) is 1.79. The lowest BCUT2D eigenvalue weighted by Gasteiger charge is -2.11. The van der Waals surface area contributed by atoms with Crippen molar-refractivity contribution in [1.29, 1.82) is 0 Å².